The van der Waals surface area contributed by atoms with Crippen LogP contribution in [0.2, 0.25) is 0 Å². The van der Waals surface area contributed by atoms with Gasteiger partial charge in [0, 0.05) is 12.6 Å². The molecule has 1 atom stereocenters. The molecule has 0 aromatic carbocycles. The van der Waals surface area contributed by atoms with Crippen molar-refractivity contribution in [3.05, 3.63) is 0 Å². The van der Waals surface area contributed by atoms with Gasteiger partial charge in [0.15, 0.2) is 0 Å². The Hall–Kier alpha value is -0.120. The zero-order valence-electron chi connectivity index (χ0n) is 11.7. The van der Waals surface area contributed by atoms with Crippen molar-refractivity contribution in [3.63, 3.8) is 0 Å². The third-order valence-electron chi connectivity index (χ3n) is 4.22. The molecule has 17 heavy (non-hydrogen) atoms. The summed E-state index contributed by atoms with van der Waals surface area (Å²) in [5.74, 6) is 0. The Morgan fingerprint density at radius 2 is 1.88 bits per heavy atom. The minimum absolute atomic E-state index is 0.866. The first kappa shape index (κ1) is 13.3. The van der Waals surface area contributed by atoms with E-state index in [4.69, 9.17) is 0 Å². The second-order valence-corrected chi connectivity index (χ2v) is 6.00. The van der Waals surface area contributed by atoms with Gasteiger partial charge in [0.1, 0.15) is 0 Å². The van der Waals surface area contributed by atoms with Crippen molar-refractivity contribution in [1.29, 1.82) is 0 Å². The maximum absolute atomic E-state index is 2.75. The predicted molar refractivity (Wildman–Crippen MR) is 73.4 cm³/mol. The molecule has 2 rings (SSSR count). The van der Waals surface area contributed by atoms with E-state index in [1.165, 1.54) is 71.4 Å². The van der Waals surface area contributed by atoms with Crippen LogP contribution in [0.4, 0.5) is 0 Å². The predicted octanol–water partition coefficient (Wildman–Crippen LogP) is 1.50. The van der Waals surface area contributed by atoms with Gasteiger partial charge < -0.3 is 9.80 Å². The van der Waals surface area contributed by atoms with Crippen LogP contribution in [0.3, 0.4) is 0 Å². The Labute approximate surface area is 107 Å². The van der Waals surface area contributed by atoms with Gasteiger partial charge in [-0.05, 0) is 72.5 Å². The van der Waals surface area contributed by atoms with Crippen molar-refractivity contribution >= 4 is 0 Å². The monoisotopic (exact) mass is 239 g/mol. The van der Waals surface area contributed by atoms with E-state index in [1.807, 2.05) is 0 Å². The van der Waals surface area contributed by atoms with Crippen molar-refractivity contribution in [3.8, 4) is 0 Å². The second-order valence-electron chi connectivity index (χ2n) is 6.00. The highest BCUT2D eigenvalue weighted by atomic mass is 15.2. The van der Waals surface area contributed by atoms with Gasteiger partial charge in [-0.2, -0.15) is 0 Å². The van der Waals surface area contributed by atoms with Gasteiger partial charge in [-0.3, -0.25) is 4.90 Å². The first-order valence-electron chi connectivity index (χ1n) is 7.37. The molecule has 0 aromatic heterocycles. The van der Waals surface area contributed by atoms with Gasteiger partial charge in [-0.1, -0.05) is 6.42 Å². The minimum Gasteiger partial charge on any atom is -0.309 e. The van der Waals surface area contributed by atoms with E-state index in [9.17, 15) is 0 Å². The van der Waals surface area contributed by atoms with E-state index < -0.39 is 0 Å². The van der Waals surface area contributed by atoms with Crippen LogP contribution in [0.1, 0.15) is 32.1 Å². The van der Waals surface area contributed by atoms with Crippen molar-refractivity contribution in [2.45, 2.75) is 38.1 Å². The topological polar surface area (TPSA) is 9.72 Å². The third kappa shape index (κ3) is 4.23. The Morgan fingerprint density at radius 1 is 1.06 bits per heavy atom. The molecule has 1 unspecified atom stereocenters. The number of hydrogen-bond acceptors (Lipinski definition) is 3. The Morgan fingerprint density at radius 3 is 2.71 bits per heavy atom. The molecule has 0 radical (unpaired) electrons. The largest absolute Gasteiger partial charge is 0.309 e. The fourth-order valence-corrected chi connectivity index (χ4v) is 3.26. The van der Waals surface area contributed by atoms with Gasteiger partial charge in [0.2, 0.25) is 0 Å². The number of fused-ring (bicyclic) bond motifs is 1. The minimum atomic E-state index is 0.866. The maximum Gasteiger partial charge on any atom is 0.0223 e. The fraction of sp³-hybridized carbons (Fsp3) is 1.00. The van der Waals surface area contributed by atoms with Crippen LogP contribution < -0.4 is 0 Å². The fourth-order valence-electron chi connectivity index (χ4n) is 3.26. The third-order valence-corrected chi connectivity index (χ3v) is 4.22. The van der Waals surface area contributed by atoms with Gasteiger partial charge in [-0.15, -0.1) is 0 Å². The molecule has 0 aliphatic carbocycles. The molecule has 2 fully saturated rings. The summed E-state index contributed by atoms with van der Waals surface area (Å²) in [4.78, 5) is 7.75. The molecule has 2 aliphatic heterocycles. The molecule has 0 saturated carbocycles. The summed E-state index contributed by atoms with van der Waals surface area (Å²) in [6, 6.07) is 0.866. The van der Waals surface area contributed by atoms with Crippen LogP contribution in [-0.2, 0) is 0 Å². The molecular weight excluding hydrogens is 210 g/mol. The SMILES string of the molecule is CN(C)CCCN1CCCN2CCCCC2C1. The normalized spacial score (nSPS) is 28.1. The van der Waals surface area contributed by atoms with E-state index in [2.05, 4.69) is 28.8 Å². The van der Waals surface area contributed by atoms with E-state index in [0.717, 1.165) is 6.04 Å². The lowest BCUT2D eigenvalue weighted by Crippen LogP contribution is -2.44. The Balaban J connectivity index is 1.75. The van der Waals surface area contributed by atoms with E-state index in [0.29, 0.717) is 0 Å². The van der Waals surface area contributed by atoms with Crippen molar-refractivity contribution in [1.82, 2.24) is 14.7 Å². The lowest BCUT2D eigenvalue weighted by molar-refractivity contribution is 0.135. The highest BCUT2D eigenvalue weighted by Gasteiger charge is 2.26. The average molecular weight is 239 g/mol. The van der Waals surface area contributed by atoms with Crippen LogP contribution in [-0.4, -0.2) is 74.1 Å². The molecule has 3 nitrogen and oxygen atoms in total. The summed E-state index contributed by atoms with van der Waals surface area (Å²) < 4.78 is 0. The summed E-state index contributed by atoms with van der Waals surface area (Å²) in [6.07, 6.45) is 7.01. The average Bonchev–Trinajstić information content (AvgIpc) is 2.50. The maximum atomic E-state index is 2.75. The molecule has 2 saturated heterocycles. The van der Waals surface area contributed by atoms with Crippen LogP contribution in [0.15, 0.2) is 0 Å². The van der Waals surface area contributed by atoms with Crippen LogP contribution in [0.5, 0.6) is 0 Å². The number of piperidine rings is 1. The quantitative estimate of drug-likeness (QED) is 0.736. The smallest absolute Gasteiger partial charge is 0.0223 e. The lowest BCUT2D eigenvalue weighted by atomic mass is 10.0. The summed E-state index contributed by atoms with van der Waals surface area (Å²) in [5, 5.41) is 0. The van der Waals surface area contributed by atoms with E-state index in [-0.39, 0.29) is 0 Å². The first-order valence-corrected chi connectivity index (χ1v) is 7.37. The second kappa shape index (κ2) is 6.72. The van der Waals surface area contributed by atoms with Crippen molar-refractivity contribution < 1.29 is 0 Å². The summed E-state index contributed by atoms with van der Waals surface area (Å²) in [5.41, 5.74) is 0. The molecule has 2 aliphatic rings. The van der Waals surface area contributed by atoms with E-state index in [1.54, 1.807) is 0 Å². The Kier molecular flexibility index (Phi) is 5.26. The summed E-state index contributed by atoms with van der Waals surface area (Å²) >= 11 is 0. The van der Waals surface area contributed by atoms with Crippen LogP contribution in [0.25, 0.3) is 0 Å². The Bertz CT molecular complexity index is 218. The number of hydrogen-bond donors (Lipinski definition) is 0. The molecular formula is C14H29N3. The molecule has 3 heteroatoms. The molecule has 2 heterocycles. The summed E-state index contributed by atoms with van der Waals surface area (Å²) in [7, 11) is 4.34. The zero-order valence-corrected chi connectivity index (χ0v) is 11.7. The molecule has 0 spiro atoms. The molecule has 0 bridgehead atoms. The highest BCUT2D eigenvalue weighted by Crippen LogP contribution is 2.20. The van der Waals surface area contributed by atoms with Crippen molar-refractivity contribution in [2.75, 3.05) is 53.4 Å². The van der Waals surface area contributed by atoms with Gasteiger partial charge in [0.05, 0.1) is 0 Å². The zero-order chi connectivity index (χ0) is 12.1. The van der Waals surface area contributed by atoms with Gasteiger partial charge in [-0.25, -0.2) is 0 Å². The number of rotatable bonds is 4. The lowest BCUT2D eigenvalue weighted by Gasteiger charge is -2.35. The first-order chi connectivity index (χ1) is 8.25. The number of nitrogens with zero attached hydrogens (tertiary/aromatic N) is 3. The molecule has 0 amide bonds. The highest BCUT2D eigenvalue weighted by molar-refractivity contribution is 4.83. The van der Waals surface area contributed by atoms with Crippen molar-refractivity contribution in [2.24, 2.45) is 0 Å². The molecule has 0 N–H and O–H groups in total. The summed E-state index contributed by atoms with van der Waals surface area (Å²) in [6.45, 7) is 7.87. The van der Waals surface area contributed by atoms with Gasteiger partial charge in [0.25, 0.3) is 0 Å². The van der Waals surface area contributed by atoms with Crippen LogP contribution >= 0.6 is 0 Å². The van der Waals surface area contributed by atoms with Gasteiger partial charge >= 0.3 is 0 Å². The standard InChI is InChI=1S/C14H29N3/c1-15(2)8-5-9-16-10-6-12-17-11-4-3-7-14(17)13-16/h14H,3-13H2,1-2H3. The molecule has 100 valence electrons. The van der Waals surface area contributed by atoms with Crippen LogP contribution in [0, 0.1) is 0 Å². The van der Waals surface area contributed by atoms with E-state index >= 15 is 0 Å². The molecule has 0 aromatic rings.